The van der Waals surface area contributed by atoms with Gasteiger partial charge in [-0.15, -0.1) is 24.0 Å². The van der Waals surface area contributed by atoms with E-state index in [-0.39, 0.29) is 29.9 Å². The molecule has 2 aromatic rings. The molecule has 0 fully saturated rings. The predicted octanol–water partition coefficient (Wildman–Crippen LogP) is 3.64. The van der Waals surface area contributed by atoms with Crippen molar-refractivity contribution >= 4 is 53.1 Å². The number of benzene rings is 2. The summed E-state index contributed by atoms with van der Waals surface area (Å²) in [5.74, 6) is 2.31. The Labute approximate surface area is 205 Å². The molecule has 31 heavy (non-hydrogen) atoms. The normalized spacial score (nSPS) is 12.9. The Morgan fingerprint density at radius 1 is 1.13 bits per heavy atom. The molecule has 0 spiro atoms. The van der Waals surface area contributed by atoms with Crippen molar-refractivity contribution in [3.63, 3.8) is 0 Å². The zero-order valence-corrected chi connectivity index (χ0v) is 20.8. The van der Waals surface area contributed by atoms with Crippen molar-refractivity contribution in [1.82, 2.24) is 10.6 Å². The van der Waals surface area contributed by atoms with Gasteiger partial charge in [-0.1, -0.05) is 17.7 Å². The quantitative estimate of drug-likeness (QED) is 0.199. The highest BCUT2D eigenvalue weighted by Gasteiger charge is 2.15. The first kappa shape index (κ1) is 25.1. The Morgan fingerprint density at radius 2 is 1.90 bits per heavy atom. The van der Waals surface area contributed by atoms with Gasteiger partial charge in [-0.25, -0.2) is 0 Å². The number of carbonyl (C=O) groups excluding carboxylic acids is 1. The lowest BCUT2D eigenvalue weighted by Crippen LogP contribution is -2.40. The number of rotatable bonds is 8. The van der Waals surface area contributed by atoms with E-state index in [0.29, 0.717) is 37.1 Å². The van der Waals surface area contributed by atoms with Gasteiger partial charge in [0.05, 0.1) is 13.7 Å². The van der Waals surface area contributed by atoms with Crippen LogP contribution in [-0.2, 0) is 17.6 Å². The van der Waals surface area contributed by atoms with E-state index in [1.807, 2.05) is 36.4 Å². The van der Waals surface area contributed by atoms with Crippen LogP contribution in [-0.4, -0.2) is 45.7 Å². The third-order valence-corrected chi connectivity index (χ3v) is 5.16. The lowest BCUT2D eigenvalue weighted by Gasteiger charge is -2.18. The van der Waals surface area contributed by atoms with Gasteiger partial charge in [0.1, 0.15) is 18.1 Å². The molecular weight excluding hydrogens is 531 g/mol. The Kier molecular flexibility index (Phi) is 10.2. The minimum absolute atomic E-state index is 0. The monoisotopic (exact) mass is 558 g/mol. The lowest BCUT2D eigenvalue weighted by molar-refractivity contribution is -0.116. The van der Waals surface area contributed by atoms with Crippen molar-refractivity contribution in [3.05, 3.63) is 52.5 Å². The Hall–Kier alpha value is -2.20. The molecule has 1 amide bonds. The van der Waals surface area contributed by atoms with Gasteiger partial charge in [-0.3, -0.25) is 9.79 Å². The molecule has 0 unspecified atom stereocenters. The predicted molar refractivity (Wildman–Crippen MR) is 135 cm³/mol. The standard InChI is InChI=1S/C22H27ClN4O3.HI/c1-24-22(25-10-9-15-3-5-17(29-2)14-19(15)23)26-11-12-30-18-6-7-20-16(13-18)4-8-21(28)27-20;/h3,5-7,13-14H,4,8-12H2,1-2H3,(H,27,28)(H2,24,25,26);1H. The molecule has 1 heterocycles. The first-order valence-electron chi connectivity index (χ1n) is 9.91. The van der Waals surface area contributed by atoms with Gasteiger partial charge in [-0.2, -0.15) is 0 Å². The van der Waals surface area contributed by atoms with E-state index in [4.69, 9.17) is 21.1 Å². The number of hydrogen-bond donors (Lipinski definition) is 3. The summed E-state index contributed by atoms with van der Waals surface area (Å²) in [5, 5.41) is 10.1. The summed E-state index contributed by atoms with van der Waals surface area (Å²) < 4.78 is 11.0. The van der Waals surface area contributed by atoms with Crippen molar-refractivity contribution < 1.29 is 14.3 Å². The smallest absolute Gasteiger partial charge is 0.224 e. The van der Waals surface area contributed by atoms with E-state index >= 15 is 0 Å². The van der Waals surface area contributed by atoms with Crippen LogP contribution < -0.4 is 25.4 Å². The van der Waals surface area contributed by atoms with E-state index in [1.54, 1.807) is 14.2 Å². The summed E-state index contributed by atoms with van der Waals surface area (Å²) in [6.07, 6.45) is 2.03. The van der Waals surface area contributed by atoms with Crippen LogP contribution in [0.25, 0.3) is 0 Å². The fourth-order valence-corrected chi connectivity index (χ4v) is 3.45. The minimum atomic E-state index is 0. The summed E-state index contributed by atoms with van der Waals surface area (Å²) in [7, 11) is 3.35. The topological polar surface area (TPSA) is 84.0 Å². The molecule has 0 saturated heterocycles. The third-order valence-electron chi connectivity index (χ3n) is 4.81. The second kappa shape index (κ2) is 12.6. The van der Waals surface area contributed by atoms with Gasteiger partial charge in [0.25, 0.3) is 0 Å². The highest BCUT2D eigenvalue weighted by atomic mass is 127. The van der Waals surface area contributed by atoms with Gasteiger partial charge >= 0.3 is 0 Å². The lowest BCUT2D eigenvalue weighted by atomic mass is 10.0. The number of nitrogens with zero attached hydrogens (tertiary/aromatic N) is 1. The van der Waals surface area contributed by atoms with Crippen LogP contribution in [0.4, 0.5) is 5.69 Å². The average Bonchev–Trinajstić information content (AvgIpc) is 2.76. The van der Waals surface area contributed by atoms with Gasteiger partial charge in [0, 0.05) is 30.7 Å². The Bertz CT molecular complexity index is 924. The molecule has 1 aliphatic rings. The molecule has 0 bridgehead atoms. The molecule has 3 N–H and O–H groups in total. The molecule has 9 heteroatoms. The van der Waals surface area contributed by atoms with E-state index in [0.717, 1.165) is 41.2 Å². The average molecular weight is 559 g/mol. The zero-order chi connectivity index (χ0) is 21.3. The fraction of sp³-hybridized carbons (Fsp3) is 0.364. The second-order valence-electron chi connectivity index (χ2n) is 6.85. The number of fused-ring (bicyclic) bond motifs is 1. The molecule has 1 aliphatic heterocycles. The number of aryl methyl sites for hydroxylation is 1. The van der Waals surface area contributed by atoms with E-state index in [1.165, 1.54) is 0 Å². The molecule has 0 saturated carbocycles. The van der Waals surface area contributed by atoms with Crippen LogP contribution in [0, 0.1) is 0 Å². The van der Waals surface area contributed by atoms with Crippen molar-refractivity contribution in [2.45, 2.75) is 19.3 Å². The van der Waals surface area contributed by atoms with Crippen molar-refractivity contribution in [3.8, 4) is 11.5 Å². The molecule has 0 radical (unpaired) electrons. The largest absolute Gasteiger partial charge is 0.497 e. The van der Waals surface area contributed by atoms with Crippen LogP contribution in [0.1, 0.15) is 17.5 Å². The van der Waals surface area contributed by atoms with Crippen LogP contribution in [0.15, 0.2) is 41.4 Å². The summed E-state index contributed by atoms with van der Waals surface area (Å²) >= 11 is 6.28. The third kappa shape index (κ3) is 7.46. The SMILES string of the molecule is CN=C(NCCOc1ccc2c(c1)CCC(=O)N2)NCCc1ccc(OC)cc1Cl.I. The number of ether oxygens (including phenoxy) is 2. The number of anilines is 1. The van der Waals surface area contributed by atoms with Crippen LogP contribution in [0.3, 0.4) is 0 Å². The van der Waals surface area contributed by atoms with Gasteiger partial charge in [-0.05, 0) is 54.3 Å². The number of methoxy groups -OCH3 is 1. The maximum Gasteiger partial charge on any atom is 0.224 e. The van der Waals surface area contributed by atoms with Crippen molar-refractivity contribution in [1.29, 1.82) is 0 Å². The number of halogens is 2. The molecule has 3 rings (SSSR count). The van der Waals surface area contributed by atoms with Crippen LogP contribution >= 0.6 is 35.6 Å². The summed E-state index contributed by atoms with van der Waals surface area (Å²) in [5.41, 5.74) is 3.03. The molecule has 0 aromatic heterocycles. The first-order valence-corrected chi connectivity index (χ1v) is 10.3. The van der Waals surface area contributed by atoms with Crippen LogP contribution in [0.2, 0.25) is 5.02 Å². The summed E-state index contributed by atoms with van der Waals surface area (Å²) in [6.45, 7) is 1.80. The van der Waals surface area contributed by atoms with Gasteiger partial charge < -0.3 is 25.4 Å². The molecule has 0 aliphatic carbocycles. The van der Waals surface area contributed by atoms with E-state index in [9.17, 15) is 4.79 Å². The van der Waals surface area contributed by atoms with Crippen LogP contribution in [0.5, 0.6) is 11.5 Å². The molecule has 2 aromatic carbocycles. The van der Waals surface area contributed by atoms with Crippen molar-refractivity contribution in [2.24, 2.45) is 4.99 Å². The number of amides is 1. The molecule has 7 nitrogen and oxygen atoms in total. The maximum absolute atomic E-state index is 11.4. The number of guanidine groups is 1. The highest BCUT2D eigenvalue weighted by Crippen LogP contribution is 2.26. The van der Waals surface area contributed by atoms with Gasteiger partial charge in [0.15, 0.2) is 5.96 Å². The molecule has 168 valence electrons. The molecule has 0 atom stereocenters. The number of nitrogens with one attached hydrogen (secondary N) is 3. The highest BCUT2D eigenvalue weighted by molar-refractivity contribution is 14.0. The second-order valence-corrected chi connectivity index (χ2v) is 7.26. The minimum Gasteiger partial charge on any atom is -0.497 e. The summed E-state index contributed by atoms with van der Waals surface area (Å²) in [4.78, 5) is 15.7. The number of carbonyl (C=O) groups is 1. The maximum atomic E-state index is 11.4. The first-order chi connectivity index (χ1) is 14.6. The summed E-state index contributed by atoms with van der Waals surface area (Å²) in [6, 6.07) is 11.4. The number of aliphatic imine (C=N–C) groups is 1. The zero-order valence-electron chi connectivity index (χ0n) is 17.7. The molecular formula is C22H28ClIN4O3. The Morgan fingerprint density at radius 3 is 2.65 bits per heavy atom. The van der Waals surface area contributed by atoms with E-state index < -0.39 is 0 Å². The van der Waals surface area contributed by atoms with E-state index in [2.05, 4.69) is 20.9 Å². The van der Waals surface area contributed by atoms with Gasteiger partial charge in [0.2, 0.25) is 5.91 Å². The Balaban J connectivity index is 0.00000341. The number of hydrogen-bond acceptors (Lipinski definition) is 4. The fourth-order valence-electron chi connectivity index (χ4n) is 3.18. The van der Waals surface area contributed by atoms with Crippen molar-refractivity contribution in [2.75, 3.05) is 39.2 Å².